The Hall–Kier alpha value is -0.940. The second-order valence-corrected chi connectivity index (χ2v) is 2.48. The summed E-state index contributed by atoms with van der Waals surface area (Å²) in [5, 5.41) is 8.55. The minimum Gasteiger partial charge on any atom is -0.453 e. The van der Waals surface area contributed by atoms with E-state index in [1.165, 1.54) is 7.11 Å². The summed E-state index contributed by atoms with van der Waals surface area (Å²) in [6.45, 7) is -0.134. The van der Waals surface area contributed by atoms with E-state index in [2.05, 4.69) is 4.74 Å². The predicted octanol–water partition coefficient (Wildman–Crippen LogP) is -1.12. The first-order valence-electron chi connectivity index (χ1n) is 3.59. The Labute approximate surface area is 69.3 Å². The van der Waals surface area contributed by atoms with E-state index < -0.39 is 24.0 Å². The molecule has 0 aliphatic carbocycles. The van der Waals surface area contributed by atoms with Crippen LogP contribution < -0.4 is 0 Å². The number of esters is 1. The van der Waals surface area contributed by atoms with E-state index in [1.54, 1.807) is 0 Å². The maximum absolute atomic E-state index is 10.9. The second-order valence-electron chi connectivity index (χ2n) is 2.48. The van der Waals surface area contributed by atoms with Crippen molar-refractivity contribution < 1.29 is 24.2 Å². The van der Waals surface area contributed by atoms with Gasteiger partial charge in [-0.1, -0.05) is 0 Å². The number of cyclic esters (lactones) is 1. The Balaban J connectivity index is 2.64. The highest BCUT2D eigenvalue weighted by molar-refractivity contribution is 6.37. The summed E-state index contributed by atoms with van der Waals surface area (Å²) < 4.78 is 9.40. The van der Waals surface area contributed by atoms with Crippen LogP contribution in [0.5, 0.6) is 0 Å². The van der Waals surface area contributed by atoms with Crippen molar-refractivity contribution in [2.45, 2.75) is 18.6 Å². The summed E-state index contributed by atoms with van der Waals surface area (Å²) in [4.78, 5) is 21.6. The van der Waals surface area contributed by atoms with Crippen LogP contribution in [0.4, 0.5) is 0 Å². The molecular weight excluding hydrogens is 164 g/mol. The highest BCUT2D eigenvalue weighted by Crippen LogP contribution is 2.17. The third-order valence-electron chi connectivity index (χ3n) is 1.72. The van der Waals surface area contributed by atoms with E-state index in [9.17, 15) is 9.59 Å². The maximum atomic E-state index is 10.9. The number of carbonyl (C=O) groups is 2. The van der Waals surface area contributed by atoms with Gasteiger partial charge in [-0.2, -0.15) is 0 Å². The number of methoxy groups -OCH3 is 1. The van der Waals surface area contributed by atoms with Crippen LogP contribution in [0.2, 0.25) is 0 Å². The number of carbonyl (C=O) groups excluding carboxylic acids is 2. The lowest BCUT2D eigenvalue weighted by atomic mass is 10.1. The molecule has 0 aromatic rings. The number of aliphatic hydroxyl groups is 1. The van der Waals surface area contributed by atoms with Crippen molar-refractivity contribution in [3.05, 3.63) is 0 Å². The Morgan fingerprint density at radius 1 is 1.58 bits per heavy atom. The predicted molar refractivity (Wildman–Crippen MR) is 37.4 cm³/mol. The number of hydrogen-bond donors (Lipinski definition) is 1. The Bertz CT molecular complexity index is 200. The van der Waals surface area contributed by atoms with Crippen LogP contribution in [-0.2, 0) is 19.1 Å². The van der Waals surface area contributed by atoms with Crippen molar-refractivity contribution in [3.63, 3.8) is 0 Å². The molecule has 1 N–H and O–H groups in total. The molecule has 5 nitrogen and oxygen atoms in total. The zero-order valence-corrected chi connectivity index (χ0v) is 6.65. The first kappa shape index (κ1) is 9.15. The zero-order valence-electron chi connectivity index (χ0n) is 6.65. The molecule has 1 saturated heterocycles. The lowest BCUT2D eigenvalue weighted by molar-refractivity contribution is -0.149. The highest BCUT2D eigenvalue weighted by Gasteiger charge is 2.43. The van der Waals surface area contributed by atoms with E-state index in [4.69, 9.17) is 9.84 Å². The molecule has 0 aromatic carbocycles. The Kier molecular flexibility index (Phi) is 2.78. The van der Waals surface area contributed by atoms with Crippen molar-refractivity contribution in [1.29, 1.82) is 0 Å². The second kappa shape index (κ2) is 3.64. The molecule has 1 heterocycles. The summed E-state index contributed by atoms with van der Waals surface area (Å²) in [7, 11) is 1.33. The molecule has 1 rings (SSSR count). The molecule has 0 amide bonds. The van der Waals surface area contributed by atoms with E-state index in [-0.39, 0.29) is 13.0 Å². The van der Waals surface area contributed by atoms with E-state index in [1.807, 2.05) is 0 Å². The molecule has 0 bridgehead atoms. The smallest absolute Gasteiger partial charge is 0.377 e. The lowest BCUT2D eigenvalue weighted by Crippen LogP contribution is -2.29. The number of rotatable bonds is 3. The van der Waals surface area contributed by atoms with Gasteiger partial charge in [0.25, 0.3) is 5.78 Å². The van der Waals surface area contributed by atoms with Gasteiger partial charge in [-0.25, -0.2) is 4.79 Å². The van der Waals surface area contributed by atoms with Gasteiger partial charge in [0, 0.05) is 20.1 Å². The van der Waals surface area contributed by atoms with Crippen molar-refractivity contribution in [2.24, 2.45) is 0 Å². The van der Waals surface area contributed by atoms with Crippen LogP contribution in [0.1, 0.15) is 6.42 Å². The van der Waals surface area contributed by atoms with Gasteiger partial charge in [-0.3, -0.25) is 4.79 Å². The summed E-state index contributed by atoms with van der Waals surface area (Å²) in [5.74, 6) is -1.55. The van der Waals surface area contributed by atoms with Crippen LogP contribution in [-0.4, -0.2) is 42.8 Å². The zero-order chi connectivity index (χ0) is 9.14. The molecule has 0 spiro atoms. The van der Waals surface area contributed by atoms with Gasteiger partial charge in [0.05, 0.1) is 0 Å². The largest absolute Gasteiger partial charge is 0.453 e. The first-order chi connectivity index (χ1) is 5.70. The monoisotopic (exact) mass is 174 g/mol. The molecule has 5 heteroatoms. The van der Waals surface area contributed by atoms with Crippen LogP contribution in [0, 0.1) is 0 Å². The fourth-order valence-corrected chi connectivity index (χ4v) is 1.14. The molecular formula is C7H10O5. The molecule has 12 heavy (non-hydrogen) atoms. The lowest BCUT2D eigenvalue weighted by Gasteiger charge is -2.12. The SMILES string of the molecule is COC1C(=O)C(=O)OC1CCO. The van der Waals surface area contributed by atoms with Gasteiger partial charge < -0.3 is 14.6 Å². The summed E-state index contributed by atoms with van der Waals surface area (Å²) >= 11 is 0. The molecule has 1 aliphatic heterocycles. The summed E-state index contributed by atoms with van der Waals surface area (Å²) in [5.41, 5.74) is 0. The molecule has 68 valence electrons. The molecule has 0 aromatic heterocycles. The summed E-state index contributed by atoms with van der Waals surface area (Å²) in [6, 6.07) is 0. The average Bonchev–Trinajstić information content (AvgIpc) is 2.29. The average molecular weight is 174 g/mol. The molecule has 0 radical (unpaired) electrons. The van der Waals surface area contributed by atoms with Gasteiger partial charge in [0.15, 0.2) is 6.10 Å². The third-order valence-corrected chi connectivity index (χ3v) is 1.72. The molecule has 1 aliphatic rings. The van der Waals surface area contributed by atoms with Gasteiger partial charge in [0.1, 0.15) is 6.10 Å². The van der Waals surface area contributed by atoms with E-state index >= 15 is 0 Å². The molecule has 2 unspecified atom stereocenters. The minimum atomic E-state index is -0.875. The number of aliphatic hydroxyl groups excluding tert-OH is 1. The topological polar surface area (TPSA) is 72.8 Å². The quantitative estimate of drug-likeness (QED) is 0.433. The van der Waals surface area contributed by atoms with Crippen LogP contribution >= 0.6 is 0 Å². The fourth-order valence-electron chi connectivity index (χ4n) is 1.14. The van der Waals surface area contributed by atoms with Crippen LogP contribution in [0.25, 0.3) is 0 Å². The third kappa shape index (κ3) is 1.46. The fraction of sp³-hybridized carbons (Fsp3) is 0.714. The van der Waals surface area contributed by atoms with Crippen molar-refractivity contribution >= 4 is 11.8 Å². The normalized spacial score (nSPS) is 29.2. The van der Waals surface area contributed by atoms with Gasteiger partial charge in [0.2, 0.25) is 0 Å². The number of ketones is 1. The number of Topliss-reactive ketones (excluding diaryl/α,β-unsaturated/α-hetero) is 1. The maximum Gasteiger partial charge on any atom is 0.377 e. The van der Waals surface area contributed by atoms with Gasteiger partial charge >= 0.3 is 5.97 Å². The standard InChI is InChI=1S/C7H10O5/c1-11-6-4(2-3-8)12-7(10)5(6)9/h4,6,8H,2-3H2,1H3. The number of ether oxygens (including phenoxy) is 2. The van der Waals surface area contributed by atoms with Gasteiger partial charge in [-0.15, -0.1) is 0 Å². The van der Waals surface area contributed by atoms with Crippen LogP contribution in [0.3, 0.4) is 0 Å². The Morgan fingerprint density at radius 3 is 2.75 bits per heavy atom. The number of hydrogen-bond acceptors (Lipinski definition) is 5. The van der Waals surface area contributed by atoms with E-state index in [0.29, 0.717) is 0 Å². The molecule has 1 fully saturated rings. The molecule has 0 saturated carbocycles. The molecule has 2 atom stereocenters. The summed E-state index contributed by atoms with van der Waals surface area (Å²) in [6.07, 6.45) is -1.24. The van der Waals surface area contributed by atoms with Crippen molar-refractivity contribution in [1.82, 2.24) is 0 Å². The van der Waals surface area contributed by atoms with Gasteiger partial charge in [-0.05, 0) is 0 Å². The van der Waals surface area contributed by atoms with Crippen molar-refractivity contribution in [2.75, 3.05) is 13.7 Å². The Morgan fingerprint density at radius 2 is 2.25 bits per heavy atom. The van der Waals surface area contributed by atoms with Crippen LogP contribution in [0.15, 0.2) is 0 Å². The van der Waals surface area contributed by atoms with E-state index in [0.717, 1.165) is 0 Å². The minimum absolute atomic E-state index is 0.134. The van der Waals surface area contributed by atoms with Crippen molar-refractivity contribution in [3.8, 4) is 0 Å². The first-order valence-corrected chi connectivity index (χ1v) is 3.59. The highest BCUT2D eigenvalue weighted by atomic mass is 16.6.